The third-order valence-corrected chi connectivity index (χ3v) is 5.21. The Labute approximate surface area is 188 Å². The highest BCUT2D eigenvalue weighted by molar-refractivity contribution is 5.89. The van der Waals surface area contributed by atoms with Gasteiger partial charge in [-0.05, 0) is 59.8 Å². The van der Waals surface area contributed by atoms with E-state index in [0.29, 0.717) is 12.7 Å². The number of fused-ring (bicyclic) bond motifs is 1. The smallest absolute Gasteiger partial charge is 0.422 e. The van der Waals surface area contributed by atoms with Crippen molar-refractivity contribution in [2.75, 3.05) is 6.61 Å². The van der Waals surface area contributed by atoms with Crippen molar-refractivity contribution in [3.05, 3.63) is 89.2 Å². The highest BCUT2D eigenvalue weighted by Crippen LogP contribution is 2.39. The van der Waals surface area contributed by atoms with Crippen LogP contribution in [0.5, 0.6) is 5.75 Å². The molecule has 9 heteroatoms. The Morgan fingerprint density at radius 2 is 1.38 bits per heavy atom. The van der Waals surface area contributed by atoms with E-state index in [4.69, 9.17) is 4.74 Å². The number of halogens is 8. The summed E-state index contributed by atoms with van der Waals surface area (Å²) in [5.74, 6) is -6.40. The van der Waals surface area contributed by atoms with Crippen LogP contribution >= 0.6 is 0 Å². The summed E-state index contributed by atoms with van der Waals surface area (Å²) in [6.07, 6.45) is -5.26. The summed E-state index contributed by atoms with van der Waals surface area (Å²) < 4.78 is 117. The number of hydrogen-bond donors (Lipinski definition) is 0. The summed E-state index contributed by atoms with van der Waals surface area (Å²) in [6, 6.07) is 8.90. The minimum atomic E-state index is -5.26. The van der Waals surface area contributed by atoms with E-state index in [1.165, 1.54) is 12.1 Å². The van der Waals surface area contributed by atoms with Crippen molar-refractivity contribution < 1.29 is 39.9 Å². The molecule has 0 fully saturated rings. The van der Waals surface area contributed by atoms with Gasteiger partial charge in [-0.3, -0.25) is 0 Å². The molecular weight excluding hydrogens is 468 g/mol. The molecule has 0 radical (unpaired) electrons. The van der Waals surface area contributed by atoms with Crippen molar-refractivity contribution in [1.29, 1.82) is 0 Å². The monoisotopic (exact) mass is 482 g/mol. The molecule has 0 aliphatic rings. The molecule has 0 heterocycles. The SMILES string of the molecule is CCOc1ccc(-c2cc(F)c(-c3ccc4c(F)c(C(F)(F)F)c(F)cc4c3)c(F)c2)c(F)c1. The lowest BCUT2D eigenvalue weighted by Crippen LogP contribution is -2.11. The molecule has 176 valence electrons. The molecule has 0 aromatic heterocycles. The molecule has 0 saturated heterocycles. The number of hydrogen-bond acceptors (Lipinski definition) is 1. The second-order valence-electron chi connectivity index (χ2n) is 7.37. The van der Waals surface area contributed by atoms with Gasteiger partial charge in [0.15, 0.2) is 0 Å². The Bertz CT molecular complexity index is 1390. The van der Waals surface area contributed by atoms with Crippen LogP contribution in [0.3, 0.4) is 0 Å². The van der Waals surface area contributed by atoms with Crippen molar-refractivity contribution in [3.8, 4) is 28.0 Å². The van der Waals surface area contributed by atoms with Crippen molar-refractivity contribution in [2.24, 2.45) is 0 Å². The molecule has 0 unspecified atom stereocenters. The van der Waals surface area contributed by atoms with Gasteiger partial charge < -0.3 is 4.74 Å². The van der Waals surface area contributed by atoms with Crippen LogP contribution < -0.4 is 4.74 Å². The summed E-state index contributed by atoms with van der Waals surface area (Å²) in [5.41, 5.74) is -2.99. The fourth-order valence-electron chi connectivity index (χ4n) is 3.74. The molecule has 4 rings (SSSR count). The molecule has 0 aliphatic heterocycles. The highest BCUT2D eigenvalue weighted by Gasteiger charge is 2.38. The molecule has 4 aromatic carbocycles. The predicted molar refractivity (Wildman–Crippen MR) is 111 cm³/mol. The Morgan fingerprint density at radius 3 is 1.97 bits per heavy atom. The van der Waals surface area contributed by atoms with Crippen LogP contribution in [0.15, 0.2) is 54.6 Å². The fraction of sp³-hybridized carbons (Fsp3) is 0.120. The van der Waals surface area contributed by atoms with Crippen LogP contribution in [0.25, 0.3) is 33.0 Å². The average Bonchev–Trinajstić information content (AvgIpc) is 2.72. The van der Waals surface area contributed by atoms with Gasteiger partial charge in [0.2, 0.25) is 0 Å². The van der Waals surface area contributed by atoms with Gasteiger partial charge in [0.25, 0.3) is 0 Å². The number of rotatable bonds is 4. The van der Waals surface area contributed by atoms with Gasteiger partial charge in [-0.1, -0.05) is 12.1 Å². The first-order chi connectivity index (χ1) is 16.0. The van der Waals surface area contributed by atoms with Gasteiger partial charge >= 0.3 is 6.18 Å². The van der Waals surface area contributed by atoms with Crippen LogP contribution in [-0.2, 0) is 6.18 Å². The van der Waals surface area contributed by atoms with Gasteiger partial charge in [-0.25, -0.2) is 22.0 Å². The van der Waals surface area contributed by atoms with E-state index >= 15 is 0 Å². The molecule has 0 spiro atoms. The molecule has 0 saturated carbocycles. The molecule has 0 N–H and O–H groups in total. The maximum Gasteiger partial charge on any atom is 0.422 e. The zero-order chi connectivity index (χ0) is 24.8. The molecule has 0 atom stereocenters. The lowest BCUT2D eigenvalue weighted by Gasteiger charge is -2.13. The molecule has 1 nitrogen and oxygen atoms in total. The summed E-state index contributed by atoms with van der Waals surface area (Å²) in [5, 5.41) is -0.882. The zero-order valence-corrected chi connectivity index (χ0v) is 17.3. The van der Waals surface area contributed by atoms with Crippen molar-refractivity contribution in [3.63, 3.8) is 0 Å². The molecule has 4 aromatic rings. The highest BCUT2D eigenvalue weighted by atomic mass is 19.4. The van der Waals surface area contributed by atoms with E-state index in [2.05, 4.69) is 0 Å². The van der Waals surface area contributed by atoms with Crippen molar-refractivity contribution >= 4 is 10.8 Å². The summed E-state index contributed by atoms with van der Waals surface area (Å²) >= 11 is 0. The number of ether oxygens (including phenoxy) is 1. The van der Waals surface area contributed by atoms with Crippen LogP contribution in [0.2, 0.25) is 0 Å². The lowest BCUT2D eigenvalue weighted by atomic mass is 9.96. The Hall–Kier alpha value is -3.62. The van der Waals surface area contributed by atoms with Crippen LogP contribution in [0.1, 0.15) is 12.5 Å². The maximum absolute atomic E-state index is 14.9. The van der Waals surface area contributed by atoms with E-state index in [9.17, 15) is 35.1 Å². The topological polar surface area (TPSA) is 9.23 Å². The molecule has 0 aliphatic carbocycles. The van der Waals surface area contributed by atoms with Gasteiger partial charge in [0.05, 0.1) is 12.2 Å². The minimum absolute atomic E-state index is 0.0878. The summed E-state index contributed by atoms with van der Waals surface area (Å²) in [4.78, 5) is 0. The molecule has 0 amide bonds. The second-order valence-corrected chi connectivity index (χ2v) is 7.37. The Balaban J connectivity index is 1.80. The van der Waals surface area contributed by atoms with E-state index in [-0.39, 0.29) is 27.8 Å². The number of benzene rings is 4. The quantitative estimate of drug-likeness (QED) is 0.266. The second kappa shape index (κ2) is 8.62. The molecule has 34 heavy (non-hydrogen) atoms. The third-order valence-electron chi connectivity index (χ3n) is 5.21. The first-order valence-electron chi connectivity index (χ1n) is 9.92. The first kappa shape index (κ1) is 23.5. The Kier molecular flexibility index (Phi) is 5.97. The normalized spacial score (nSPS) is 11.8. The van der Waals surface area contributed by atoms with E-state index in [0.717, 1.165) is 36.4 Å². The van der Waals surface area contributed by atoms with Crippen LogP contribution in [-0.4, -0.2) is 6.61 Å². The summed E-state index contributed by atoms with van der Waals surface area (Å²) in [7, 11) is 0. The summed E-state index contributed by atoms with van der Waals surface area (Å²) in [6.45, 7) is 2.01. The van der Waals surface area contributed by atoms with Gasteiger partial charge in [-0.2, -0.15) is 13.2 Å². The maximum atomic E-state index is 14.9. The van der Waals surface area contributed by atoms with Crippen molar-refractivity contribution in [2.45, 2.75) is 13.1 Å². The van der Waals surface area contributed by atoms with Crippen LogP contribution in [0, 0.1) is 29.1 Å². The molecular formula is C25H14F8O. The lowest BCUT2D eigenvalue weighted by molar-refractivity contribution is -0.142. The van der Waals surface area contributed by atoms with E-state index in [1.54, 1.807) is 6.92 Å². The minimum Gasteiger partial charge on any atom is -0.494 e. The van der Waals surface area contributed by atoms with Crippen LogP contribution in [0.4, 0.5) is 35.1 Å². The van der Waals surface area contributed by atoms with E-state index in [1.807, 2.05) is 0 Å². The molecule has 0 bridgehead atoms. The van der Waals surface area contributed by atoms with Gasteiger partial charge in [0.1, 0.15) is 40.4 Å². The fourth-order valence-corrected chi connectivity index (χ4v) is 3.74. The van der Waals surface area contributed by atoms with Gasteiger partial charge in [0, 0.05) is 17.0 Å². The van der Waals surface area contributed by atoms with Gasteiger partial charge in [-0.15, -0.1) is 0 Å². The zero-order valence-electron chi connectivity index (χ0n) is 17.3. The largest absolute Gasteiger partial charge is 0.494 e. The number of alkyl halides is 3. The predicted octanol–water partition coefficient (Wildman–Crippen LogP) is 8.29. The standard InChI is InChI=1S/C25H14F8O/c1-2-34-15-4-6-16(18(26)11-15)14-8-19(27)22(20(28)9-14)12-3-5-17-13(7-12)10-21(29)23(24(17)30)25(31,32)33/h3-11H,2H2,1H3. The average molecular weight is 482 g/mol. The Morgan fingerprint density at radius 1 is 0.706 bits per heavy atom. The third kappa shape index (κ3) is 4.18. The van der Waals surface area contributed by atoms with Crippen molar-refractivity contribution in [1.82, 2.24) is 0 Å². The van der Waals surface area contributed by atoms with E-state index < -0.39 is 51.8 Å². The first-order valence-corrected chi connectivity index (χ1v) is 9.92.